The molecule has 24 heavy (non-hydrogen) atoms. The number of β-lactam (4-membered cyclic amide) rings is 1. The van der Waals surface area contributed by atoms with Gasteiger partial charge in [-0.05, 0) is 12.3 Å². The van der Waals surface area contributed by atoms with Gasteiger partial charge in [0, 0.05) is 18.0 Å². The smallest absolute Gasteiger partial charge is 0.331 e. The molecule has 2 unspecified atom stereocenters. The molecular weight excluding hydrogens is 372 g/mol. The van der Waals surface area contributed by atoms with Crippen molar-refractivity contribution in [1.29, 1.82) is 0 Å². The number of nitrogens with zero attached hydrogens (tertiary/aromatic N) is 2. The summed E-state index contributed by atoms with van der Waals surface area (Å²) in [6, 6.07) is -0.984. The number of aliphatic hydroxyl groups is 1. The fourth-order valence-corrected chi connectivity index (χ4v) is 5.78. The maximum atomic E-state index is 12.1. The topological polar surface area (TPSA) is 90.3 Å². The van der Waals surface area contributed by atoms with Gasteiger partial charge < -0.3 is 24.7 Å². The van der Waals surface area contributed by atoms with Crippen LogP contribution in [0, 0.1) is 5.92 Å². The lowest BCUT2D eigenvalue weighted by atomic mass is 9.91. The molecule has 3 saturated heterocycles. The summed E-state index contributed by atoms with van der Waals surface area (Å²) in [6.07, 6.45) is -0.790. The molecule has 0 bridgehead atoms. The molecule has 0 saturated carbocycles. The number of aliphatic carboxylic acids is 1. The van der Waals surface area contributed by atoms with E-state index in [9.17, 15) is 19.8 Å². The van der Waals surface area contributed by atoms with Crippen molar-refractivity contribution in [2.45, 2.75) is 24.4 Å². The maximum Gasteiger partial charge on any atom is 0.331 e. The third kappa shape index (κ3) is 3.17. The summed E-state index contributed by atoms with van der Waals surface area (Å²) < 4.78 is 5.95. The van der Waals surface area contributed by atoms with Crippen molar-refractivity contribution in [3.63, 3.8) is 0 Å². The second-order valence-electron chi connectivity index (χ2n) is 5.76. The summed E-state index contributed by atoms with van der Waals surface area (Å²) in [7, 11) is 0. The van der Waals surface area contributed by atoms with Gasteiger partial charge in [-0.15, -0.1) is 11.8 Å². The fraction of sp³-hybridized carbons (Fsp3) is 0.643. The van der Waals surface area contributed by atoms with E-state index in [1.54, 1.807) is 12.3 Å². The summed E-state index contributed by atoms with van der Waals surface area (Å²) in [5, 5.41) is 20.6. The van der Waals surface area contributed by atoms with E-state index in [0.29, 0.717) is 22.4 Å². The van der Waals surface area contributed by atoms with Gasteiger partial charge in [0.05, 0.1) is 30.6 Å². The summed E-state index contributed by atoms with van der Waals surface area (Å²) >= 11 is 8.01. The van der Waals surface area contributed by atoms with Gasteiger partial charge in [-0.25, -0.2) is 4.79 Å². The van der Waals surface area contributed by atoms with E-state index >= 15 is 0 Å². The van der Waals surface area contributed by atoms with Crippen LogP contribution in [-0.4, -0.2) is 80.0 Å². The molecule has 3 fully saturated rings. The molecule has 7 nitrogen and oxygen atoms in total. The summed E-state index contributed by atoms with van der Waals surface area (Å²) in [4.78, 5) is 27.7. The number of thiocarbonyl (C=S) groups is 1. The first-order chi connectivity index (χ1) is 11.4. The van der Waals surface area contributed by atoms with Crippen LogP contribution in [0.3, 0.4) is 0 Å². The van der Waals surface area contributed by atoms with Crippen LogP contribution in [-0.2, 0) is 14.3 Å². The molecule has 3 aliphatic heterocycles. The van der Waals surface area contributed by atoms with E-state index in [2.05, 4.69) is 0 Å². The van der Waals surface area contributed by atoms with Gasteiger partial charge in [0.2, 0.25) is 5.91 Å². The number of amides is 1. The lowest BCUT2D eigenvalue weighted by molar-refractivity contribution is -0.165. The highest BCUT2D eigenvalue weighted by atomic mass is 32.2. The van der Waals surface area contributed by atoms with Crippen molar-refractivity contribution < 1.29 is 24.5 Å². The van der Waals surface area contributed by atoms with E-state index in [-0.39, 0.29) is 11.3 Å². The molecule has 1 amide bonds. The predicted octanol–water partition coefficient (Wildman–Crippen LogP) is 0.543. The van der Waals surface area contributed by atoms with Crippen LogP contribution in [0.1, 0.15) is 6.92 Å². The van der Waals surface area contributed by atoms with Gasteiger partial charge in [-0.3, -0.25) is 4.79 Å². The van der Waals surface area contributed by atoms with Crippen LogP contribution >= 0.6 is 35.7 Å². The number of thioether (sulfide) groups is 2. The Morgan fingerprint density at radius 1 is 1.50 bits per heavy atom. The molecule has 0 aromatic rings. The molecule has 3 aliphatic rings. The minimum Gasteiger partial charge on any atom is -0.479 e. The molecule has 3 rings (SSSR count). The maximum absolute atomic E-state index is 12.1. The second kappa shape index (κ2) is 7.20. The Balaban J connectivity index is 1.71. The number of carboxylic acid groups (broad SMARTS) is 1. The highest BCUT2D eigenvalue weighted by molar-refractivity contribution is 8.25. The van der Waals surface area contributed by atoms with E-state index < -0.39 is 24.0 Å². The molecule has 0 aromatic heterocycles. The number of hydrogen-bond donors (Lipinski definition) is 2. The minimum atomic E-state index is -1.06. The Bertz CT molecular complexity index is 591. The average Bonchev–Trinajstić information content (AvgIpc) is 2.87. The van der Waals surface area contributed by atoms with Crippen molar-refractivity contribution in [2.75, 3.05) is 26.3 Å². The molecule has 0 spiro atoms. The molecule has 4 atom stereocenters. The third-order valence-electron chi connectivity index (χ3n) is 4.22. The second-order valence-corrected chi connectivity index (χ2v) is 8.46. The van der Waals surface area contributed by atoms with Crippen LogP contribution in [0.2, 0.25) is 0 Å². The first-order valence-electron chi connectivity index (χ1n) is 7.55. The highest BCUT2D eigenvalue weighted by Crippen LogP contribution is 2.51. The van der Waals surface area contributed by atoms with Crippen molar-refractivity contribution >= 4 is 51.9 Å². The van der Waals surface area contributed by atoms with Gasteiger partial charge in [0.25, 0.3) is 0 Å². The number of carbonyl (C=O) groups is 2. The molecule has 3 heterocycles. The number of carbonyl (C=O) groups excluding carboxylic acids is 1. The number of carboxylic acids is 1. The lowest BCUT2D eigenvalue weighted by Crippen LogP contribution is -2.63. The van der Waals surface area contributed by atoms with Crippen LogP contribution in [0.25, 0.3) is 0 Å². The monoisotopic (exact) mass is 390 g/mol. The number of hydrogen-bond acceptors (Lipinski definition) is 7. The van der Waals surface area contributed by atoms with E-state index in [1.165, 1.54) is 28.4 Å². The predicted molar refractivity (Wildman–Crippen MR) is 95.5 cm³/mol. The van der Waals surface area contributed by atoms with Gasteiger partial charge in [0.1, 0.15) is 4.32 Å². The minimum absolute atomic E-state index is 0.306. The molecule has 0 radical (unpaired) electrons. The Morgan fingerprint density at radius 3 is 2.75 bits per heavy atom. The standard InChI is InChI=1S/C14H18N2O5S3/c1-7(17)9-11(18)16-10(13(19)20)8(24-12(9)16)6-23-14(22)15-2-4-21-5-3-15/h6-7,9-10,12,17H,2-5H2,1H3,(H,19,20)/t7-,9+,10?,12?/m1/s1. The van der Waals surface area contributed by atoms with Gasteiger partial charge in [0.15, 0.2) is 6.04 Å². The first kappa shape index (κ1) is 18.0. The molecule has 10 heteroatoms. The van der Waals surface area contributed by atoms with Crippen molar-refractivity contribution in [3.05, 3.63) is 10.3 Å². The third-order valence-corrected chi connectivity index (χ3v) is 7.13. The average molecular weight is 391 g/mol. The van der Waals surface area contributed by atoms with Crippen molar-refractivity contribution in [3.8, 4) is 0 Å². The largest absolute Gasteiger partial charge is 0.479 e. The molecular formula is C14H18N2O5S3. The van der Waals surface area contributed by atoms with Gasteiger partial charge in [-0.1, -0.05) is 24.0 Å². The molecule has 0 aromatic carbocycles. The summed E-state index contributed by atoms with van der Waals surface area (Å²) in [5.41, 5.74) is 0. The van der Waals surface area contributed by atoms with E-state index in [0.717, 1.165) is 13.1 Å². The number of rotatable bonds is 3. The van der Waals surface area contributed by atoms with Gasteiger partial charge >= 0.3 is 5.97 Å². The zero-order chi connectivity index (χ0) is 17.4. The van der Waals surface area contributed by atoms with Crippen LogP contribution in [0.15, 0.2) is 10.3 Å². The normalized spacial score (nSPS) is 32.5. The number of aliphatic hydroxyl groups excluding tert-OH is 1. The zero-order valence-electron chi connectivity index (χ0n) is 13.0. The van der Waals surface area contributed by atoms with E-state index in [4.69, 9.17) is 17.0 Å². The summed E-state index contributed by atoms with van der Waals surface area (Å²) in [5.74, 6) is -1.91. The lowest BCUT2D eigenvalue weighted by Gasteiger charge is -2.44. The van der Waals surface area contributed by atoms with Crippen molar-refractivity contribution in [2.24, 2.45) is 5.92 Å². The highest BCUT2D eigenvalue weighted by Gasteiger charge is 2.60. The SMILES string of the molecule is C[C@@H](O)[C@H]1C(=O)N2C(C(=O)O)C(=CSC(=S)N3CCOCC3)SC12. The van der Waals surface area contributed by atoms with Crippen LogP contribution < -0.4 is 0 Å². The van der Waals surface area contributed by atoms with Crippen LogP contribution in [0.5, 0.6) is 0 Å². The fourth-order valence-electron chi connectivity index (χ4n) is 2.96. The number of ether oxygens (including phenoxy) is 1. The zero-order valence-corrected chi connectivity index (χ0v) is 15.4. The number of morpholine rings is 1. The van der Waals surface area contributed by atoms with Crippen molar-refractivity contribution in [1.82, 2.24) is 9.80 Å². The van der Waals surface area contributed by atoms with Crippen LogP contribution in [0.4, 0.5) is 0 Å². The Morgan fingerprint density at radius 2 is 2.17 bits per heavy atom. The summed E-state index contributed by atoms with van der Waals surface area (Å²) in [6.45, 7) is 4.26. The Labute approximate surface area is 153 Å². The molecule has 132 valence electrons. The Kier molecular flexibility index (Phi) is 5.40. The Hall–Kier alpha value is -0.810. The molecule has 0 aliphatic carbocycles. The quantitative estimate of drug-likeness (QED) is 0.529. The van der Waals surface area contributed by atoms with Gasteiger partial charge in [-0.2, -0.15) is 0 Å². The van der Waals surface area contributed by atoms with E-state index in [1.807, 2.05) is 4.90 Å². The first-order valence-corrected chi connectivity index (χ1v) is 9.71. The molecule has 2 N–H and O–H groups in total. The number of fused-ring (bicyclic) bond motifs is 1.